The number of amides is 3. The molecule has 5 nitrogen and oxygen atoms in total. The molecule has 29 heavy (non-hydrogen) atoms. The Kier molecular flexibility index (Phi) is 7.27. The first kappa shape index (κ1) is 21.7. The summed E-state index contributed by atoms with van der Waals surface area (Å²) in [5.74, 6) is -0.730. The summed E-state index contributed by atoms with van der Waals surface area (Å²) in [6.45, 7) is 0. The minimum atomic E-state index is -0.776. The minimum Gasteiger partial charge on any atom is -0.306 e. The van der Waals surface area contributed by atoms with E-state index in [4.69, 9.17) is 46.4 Å². The van der Waals surface area contributed by atoms with Crippen LogP contribution in [0.4, 0.5) is 10.5 Å². The number of rotatable bonds is 4. The zero-order valence-electron chi connectivity index (χ0n) is 14.4. The molecule has 0 spiro atoms. The van der Waals surface area contributed by atoms with Crippen molar-refractivity contribution in [1.82, 2.24) is 10.3 Å². The summed E-state index contributed by atoms with van der Waals surface area (Å²) in [6, 6.07) is 12.6. The molecular weight excluding hydrogens is 476 g/mol. The van der Waals surface area contributed by atoms with Crippen LogP contribution in [0.3, 0.4) is 0 Å². The van der Waals surface area contributed by atoms with Crippen molar-refractivity contribution in [3.63, 3.8) is 0 Å². The number of carbonyl (C=O) groups excluding carboxylic acids is 2. The van der Waals surface area contributed by atoms with E-state index in [1.165, 1.54) is 36.2 Å². The van der Waals surface area contributed by atoms with Gasteiger partial charge in [0.15, 0.2) is 0 Å². The second kappa shape index (κ2) is 9.69. The number of imide groups is 1. The maximum atomic E-state index is 12.2. The summed E-state index contributed by atoms with van der Waals surface area (Å²) in [4.78, 5) is 29.5. The average molecular weight is 487 g/mol. The molecule has 0 radical (unpaired) electrons. The third kappa shape index (κ3) is 5.78. The van der Waals surface area contributed by atoms with Crippen molar-refractivity contribution in [2.24, 2.45) is 0 Å². The number of nitrogens with zero attached hydrogens (tertiary/aromatic N) is 1. The van der Waals surface area contributed by atoms with Crippen LogP contribution in [-0.4, -0.2) is 16.9 Å². The Labute approximate surface area is 190 Å². The number of hydrogen-bond acceptors (Lipinski definition) is 4. The van der Waals surface area contributed by atoms with Crippen molar-refractivity contribution >= 4 is 75.8 Å². The van der Waals surface area contributed by atoms with Gasteiger partial charge >= 0.3 is 6.03 Å². The second-order valence-electron chi connectivity index (χ2n) is 5.57. The van der Waals surface area contributed by atoms with Gasteiger partial charge in [-0.15, -0.1) is 0 Å². The highest BCUT2D eigenvalue weighted by molar-refractivity contribution is 7.99. The van der Waals surface area contributed by atoms with Gasteiger partial charge in [0.2, 0.25) is 0 Å². The predicted octanol–water partition coefficient (Wildman–Crippen LogP) is 6.81. The molecule has 0 aliphatic rings. The lowest BCUT2D eigenvalue weighted by molar-refractivity contribution is 0.0967. The van der Waals surface area contributed by atoms with Crippen LogP contribution in [-0.2, 0) is 0 Å². The molecule has 3 rings (SSSR count). The highest BCUT2D eigenvalue weighted by atomic mass is 35.5. The molecular formula is C19H11Cl4N3O2S. The molecule has 2 aromatic carbocycles. The van der Waals surface area contributed by atoms with Crippen molar-refractivity contribution in [1.29, 1.82) is 0 Å². The van der Waals surface area contributed by atoms with Gasteiger partial charge in [0, 0.05) is 9.92 Å². The van der Waals surface area contributed by atoms with Crippen LogP contribution >= 0.6 is 58.2 Å². The lowest BCUT2D eigenvalue weighted by Crippen LogP contribution is -2.34. The van der Waals surface area contributed by atoms with Crippen LogP contribution in [0.2, 0.25) is 20.1 Å². The van der Waals surface area contributed by atoms with Crippen LogP contribution in [0.1, 0.15) is 10.4 Å². The maximum Gasteiger partial charge on any atom is 0.326 e. The van der Waals surface area contributed by atoms with E-state index in [2.05, 4.69) is 15.6 Å². The largest absolute Gasteiger partial charge is 0.326 e. The first-order valence-electron chi connectivity index (χ1n) is 7.99. The smallest absolute Gasteiger partial charge is 0.306 e. The number of hydrogen-bond donors (Lipinski definition) is 2. The average Bonchev–Trinajstić information content (AvgIpc) is 2.65. The fourth-order valence-electron chi connectivity index (χ4n) is 2.23. The van der Waals surface area contributed by atoms with Gasteiger partial charge < -0.3 is 5.32 Å². The van der Waals surface area contributed by atoms with Crippen LogP contribution in [0.15, 0.2) is 64.6 Å². The number of aromatic nitrogens is 1. The summed E-state index contributed by atoms with van der Waals surface area (Å²) in [6.07, 6.45) is 1.43. The Morgan fingerprint density at radius 1 is 0.897 bits per heavy atom. The normalized spacial score (nSPS) is 10.5. The van der Waals surface area contributed by atoms with Crippen LogP contribution in [0.5, 0.6) is 0 Å². The highest BCUT2D eigenvalue weighted by Gasteiger charge is 2.17. The molecule has 0 saturated heterocycles. The lowest BCUT2D eigenvalue weighted by atomic mass is 10.2. The molecule has 0 unspecified atom stereocenters. The van der Waals surface area contributed by atoms with Gasteiger partial charge in [-0.2, -0.15) is 0 Å². The second-order valence-corrected chi connectivity index (χ2v) is 8.29. The Hall–Kier alpha value is -1.96. The van der Waals surface area contributed by atoms with Crippen LogP contribution in [0.25, 0.3) is 0 Å². The maximum absolute atomic E-state index is 12.2. The van der Waals surface area contributed by atoms with Gasteiger partial charge in [-0.25, -0.2) is 9.78 Å². The SMILES string of the molecule is O=C(NC(=O)c1c(Cl)cccc1Cl)Nc1cnc(Sc2ccc(Cl)cc2)c(Cl)c1. The van der Waals surface area contributed by atoms with Gasteiger partial charge in [0.25, 0.3) is 5.91 Å². The van der Waals surface area contributed by atoms with Crippen molar-refractivity contribution in [3.05, 3.63) is 80.4 Å². The van der Waals surface area contributed by atoms with E-state index in [0.29, 0.717) is 20.8 Å². The summed E-state index contributed by atoms with van der Waals surface area (Å²) in [5, 5.41) is 6.44. The summed E-state index contributed by atoms with van der Waals surface area (Å²) < 4.78 is 0. The third-order valence-corrected chi connectivity index (χ3v) is 5.82. The van der Waals surface area contributed by atoms with Crippen LogP contribution in [0, 0.1) is 0 Å². The molecule has 0 aliphatic heterocycles. The number of halogens is 4. The fraction of sp³-hybridized carbons (Fsp3) is 0. The fourth-order valence-corrected chi connectivity index (χ4v) is 3.96. The summed E-state index contributed by atoms with van der Waals surface area (Å²) >= 11 is 25.4. The third-order valence-electron chi connectivity index (χ3n) is 3.51. The van der Waals surface area contributed by atoms with Crippen molar-refractivity contribution in [3.8, 4) is 0 Å². The van der Waals surface area contributed by atoms with Gasteiger partial charge in [-0.05, 0) is 42.5 Å². The molecule has 10 heteroatoms. The Bertz CT molecular complexity index is 1060. The number of pyridine rings is 1. The van der Waals surface area contributed by atoms with E-state index in [-0.39, 0.29) is 15.6 Å². The minimum absolute atomic E-state index is 0.0110. The van der Waals surface area contributed by atoms with E-state index < -0.39 is 11.9 Å². The summed E-state index contributed by atoms with van der Waals surface area (Å²) in [5.41, 5.74) is 0.322. The first-order chi connectivity index (χ1) is 13.8. The number of anilines is 1. The Morgan fingerprint density at radius 3 is 2.17 bits per heavy atom. The molecule has 0 atom stereocenters. The number of nitrogens with one attached hydrogen (secondary N) is 2. The number of benzene rings is 2. The molecule has 2 N–H and O–H groups in total. The van der Waals surface area contributed by atoms with E-state index in [1.54, 1.807) is 18.2 Å². The standard InChI is InChI=1S/C19H11Cl4N3O2S/c20-10-4-6-12(7-5-10)29-18-15(23)8-11(9-24-18)25-19(28)26-17(27)16-13(21)2-1-3-14(16)22/h1-9H,(H2,25,26,27,28). The zero-order valence-corrected chi connectivity index (χ0v) is 18.2. The number of urea groups is 1. The molecule has 0 fully saturated rings. The van der Waals surface area contributed by atoms with E-state index >= 15 is 0 Å². The van der Waals surface area contributed by atoms with Crippen LogP contribution < -0.4 is 10.6 Å². The zero-order chi connectivity index (χ0) is 21.0. The molecule has 3 amide bonds. The van der Waals surface area contributed by atoms with Crippen molar-refractivity contribution < 1.29 is 9.59 Å². The quantitative estimate of drug-likeness (QED) is 0.425. The molecule has 3 aromatic rings. The lowest BCUT2D eigenvalue weighted by Gasteiger charge is -2.10. The van der Waals surface area contributed by atoms with Crippen molar-refractivity contribution in [2.75, 3.05) is 5.32 Å². The first-order valence-corrected chi connectivity index (χ1v) is 10.3. The monoisotopic (exact) mass is 485 g/mol. The summed E-state index contributed by atoms with van der Waals surface area (Å²) in [7, 11) is 0. The number of carbonyl (C=O) groups is 2. The van der Waals surface area contributed by atoms with E-state index in [9.17, 15) is 9.59 Å². The molecule has 148 valence electrons. The van der Waals surface area contributed by atoms with Gasteiger partial charge in [-0.1, -0.05) is 64.2 Å². The molecule has 1 aromatic heterocycles. The van der Waals surface area contributed by atoms with E-state index in [0.717, 1.165) is 4.90 Å². The molecule has 1 heterocycles. The predicted molar refractivity (Wildman–Crippen MR) is 118 cm³/mol. The van der Waals surface area contributed by atoms with Gasteiger partial charge in [-0.3, -0.25) is 10.1 Å². The Morgan fingerprint density at radius 2 is 1.55 bits per heavy atom. The van der Waals surface area contributed by atoms with Gasteiger partial charge in [0.1, 0.15) is 5.03 Å². The molecule has 0 bridgehead atoms. The molecule has 0 aliphatic carbocycles. The molecule has 0 saturated carbocycles. The topological polar surface area (TPSA) is 71.1 Å². The highest BCUT2D eigenvalue weighted by Crippen LogP contribution is 2.33. The van der Waals surface area contributed by atoms with Crippen molar-refractivity contribution in [2.45, 2.75) is 9.92 Å². The van der Waals surface area contributed by atoms with E-state index in [1.807, 2.05) is 12.1 Å². The Balaban J connectivity index is 1.65. The van der Waals surface area contributed by atoms with Gasteiger partial charge in [0.05, 0.1) is 32.5 Å².